The fourth-order valence-corrected chi connectivity index (χ4v) is 2.11. The summed E-state index contributed by atoms with van der Waals surface area (Å²) in [6.45, 7) is 2.05. The lowest BCUT2D eigenvalue weighted by molar-refractivity contribution is 0.248. The van der Waals surface area contributed by atoms with Gasteiger partial charge < -0.3 is 15.4 Å². The van der Waals surface area contributed by atoms with Gasteiger partial charge in [-0.1, -0.05) is 37.3 Å². The van der Waals surface area contributed by atoms with E-state index in [9.17, 15) is 4.79 Å². The minimum Gasteiger partial charge on any atom is -0.497 e. The van der Waals surface area contributed by atoms with Crippen molar-refractivity contribution in [1.29, 1.82) is 0 Å². The fourth-order valence-electron chi connectivity index (χ4n) is 2.11. The van der Waals surface area contributed by atoms with Crippen LogP contribution in [0.4, 0.5) is 10.5 Å². The standard InChI is InChI=1S/C17H20N2O2/c1-3-16(13-7-5-4-6-8-13)19-17(20)18-14-9-11-15(21-2)12-10-14/h4-12,16H,3H2,1-2H3,(H2,18,19,20)/t16-/m0/s1. The van der Waals surface area contributed by atoms with Gasteiger partial charge in [-0.3, -0.25) is 0 Å². The zero-order valence-corrected chi connectivity index (χ0v) is 12.3. The summed E-state index contributed by atoms with van der Waals surface area (Å²) >= 11 is 0. The van der Waals surface area contributed by atoms with E-state index in [1.165, 1.54) is 0 Å². The van der Waals surface area contributed by atoms with Crippen molar-refractivity contribution in [1.82, 2.24) is 5.32 Å². The van der Waals surface area contributed by atoms with E-state index in [0.29, 0.717) is 0 Å². The zero-order valence-electron chi connectivity index (χ0n) is 12.3. The van der Waals surface area contributed by atoms with Crippen LogP contribution in [0.3, 0.4) is 0 Å². The molecule has 2 rings (SSSR count). The molecule has 0 fully saturated rings. The van der Waals surface area contributed by atoms with Gasteiger partial charge in [-0.15, -0.1) is 0 Å². The molecule has 0 radical (unpaired) electrons. The Labute approximate surface area is 125 Å². The van der Waals surface area contributed by atoms with Crippen LogP contribution in [0.25, 0.3) is 0 Å². The van der Waals surface area contributed by atoms with E-state index in [0.717, 1.165) is 23.4 Å². The van der Waals surface area contributed by atoms with Crippen LogP contribution in [0.2, 0.25) is 0 Å². The number of nitrogens with one attached hydrogen (secondary N) is 2. The van der Waals surface area contributed by atoms with Gasteiger partial charge in [0.05, 0.1) is 13.2 Å². The van der Waals surface area contributed by atoms with Gasteiger partial charge in [-0.2, -0.15) is 0 Å². The number of anilines is 1. The van der Waals surface area contributed by atoms with E-state index in [-0.39, 0.29) is 12.1 Å². The Balaban J connectivity index is 1.96. The topological polar surface area (TPSA) is 50.4 Å². The summed E-state index contributed by atoms with van der Waals surface area (Å²) in [5.74, 6) is 0.761. The minimum absolute atomic E-state index is 0.00412. The van der Waals surface area contributed by atoms with Crippen molar-refractivity contribution < 1.29 is 9.53 Å². The Bertz CT molecular complexity index is 567. The van der Waals surface area contributed by atoms with Gasteiger partial charge in [0.1, 0.15) is 5.75 Å². The maximum absolute atomic E-state index is 12.1. The minimum atomic E-state index is -0.212. The van der Waals surface area contributed by atoms with Crippen molar-refractivity contribution in [2.24, 2.45) is 0 Å². The highest BCUT2D eigenvalue weighted by molar-refractivity contribution is 5.89. The van der Waals surface area contributed by atoms with Crippen LogP contribution in [0.5, 0.6) is 5.75 Å². The molecular weight excluding hydrogens is 264 g/mol. The molecule has 0 aliphatic carbocycles. The number of methoxy groups -OCH3 is 1. The van der Waals surface area contributed by atoms with E-state index >= 15 is 0 Å². The Morgan fingerprint density at radius 3 is 2.33 bits per heavy atom. The second-order valence-corrected chi connectivity index (χ2v) is 4.70. The van der Waals surface area contributed by atoms with Crippen molar-refractivity contribution >= 4 is 11.7 Å². The summed E-state index contributed by atoms with van der Waals surface area (Å²) in [5.41, 5.74) is 1.83. The molecule has 0 saturated heterocycles. The Hall–Kier alpha value is -2.49. The molecule has 0 saturated carbocycles. The number of urea groups is 1. The fraction of sp³-hybridized carbons (Fsp3) is 0.235. The summed E-state index contributed by atoms with van der Waals surface area (Å²) in [4.78, 5) is 12.1. The maximum atomic E-state index is 12.1. The molecule has 1 atom stereocenters. The zero-order chi connectivity index (χ0) is 15.1. The highest BCUT2D eigenvalue weighted by Gasteiger charge is 2.12. The molecule has 0 aromatic heterocycles. The lowest BCUT2D eigenvalue weighted by Gasteiger charge is -2.18. The first-order valence-corrected chi connectivity index (χ1v) is 6.99. The largest absolute Gasteiger partial charge is 0.497 e. The van der Waals surface area contributed by atoms with Gasteiger partial charge >= 0.3 is 6.03 Å². The highest BCUT2D eigenvalue weighted by atomic mass is 16.5. The van der Waals surface area contributed by atoms with E-state index in [1.54, 1.807) is 7.11 Å². The lowest BCUT2D eigenvalue weighted by Crippen LogP contribution is -2.32. The number of ether oxygens (including phenoxy) is 1. The van der Waals surface area contributed by atoms with Gasteiger partial charge in [0, 0.05) is 5.69 Å². The SMILES string of the molecule is CC[C@H](NC(=O)Nc1ccc(OC)cc1)c1ccccc1. The molecule has 21 heavy (non-hydrogen) atoms. The number of benzene rings is 2. The molecule has 0 bridgehead atoms. The summed E-state index contributed by atoms with van der Waals surface area (Å²) in [5, 5.41) is 5.80. The first-order chi connectivity index (χ1) is 10.2. The number of hydrogen-bond donors (Lipinski definition) is 2. The molecule has 4 nitrogen and oxygen atoms in total. The van der Waals surface area contributed by atoms with Gasteiger partial charge in [-0.25, -0.2) is 4.79 Å². The molecule has 2 N–H and O–H groups in total. The number of carbonyl (C=O) groups excluding carboxylic acids is 1. The third-order valence-electron chi connectivity index (χ3n) is 3.26. The Morgan fingerprint density at radius 1 is 1.10 bits per heavy atom. The van der Waals surface area contributed by atoms with Gasteiger partial charge in [-0.05, 0) is 36.2 Å². The van der Waals surface area contributed by atoms with E-state index in [2.05, 4.69) is 10.6 Å². The van der Waals surface area contributed by atoms with Crippen molar-refractivity contribution in [2.75, 3.05) is 12.4 Å². The molecule has 2 amide bonds. The van der Waals surface area contributed by atoms with Crippen molar-refractivity contribution in [3.05, 3.63) is 60.2 Å². The number of amides is 2. The molecule has 2 aromatic carbocycles. The van der Waals surface area contributed by atoms with Crippen LogP contribution in [0.1, 0.15) is 24.9 Å². The summed E-state index contributed by atoms with van der Waals surface area (Å²) in [6, 6.07) is 17.0. The lowest BCUT2D eigenvalue weighted by atomic mass is 10.1. The van der Waals surface area contributed by atoms with Crippen LogP contribution in [-0.4, -0.2) is 13.1 Å². The first kappa shape index (κ1) is 14.9. The third-order valence-corrected chi connectivity index (χ3v) is 3.26. The molecular formula is C17H20N2O2. The molecule has 2 aromatic rings. The quantitative estimate of drug-likeness (QED) is 0.873. The van der Waals surface area contributed by atoms with Gasteiger partial charge in [0.25, 0.3) is 0 Å². The molecule has 0 aliphatic rings. The number of rotatable bonds is 5. The number of hydrogen-bond acceptors (Lipinski definition) is 2. The normalized spacial score (nSPS) is 11.5. The van der Waals surface area contributed by atoms with Crippen LogP contribution >= 0.6 is 0 Å². The monoisotopic (exact) mass is 284 g/mol. The second-order valence-electron chi connectivity index (χ2n) is 4.70. The Kier molecular flexibility index (Phi) is 5.21. The number of carbonyl (C=O) groups is 1. The molecule has 4 heteroatoms. The van der Waals surface area contributed by atoms with E-state index < -0.39 is 0 Å². The second kappa shape index (κ2) is 7.33. The third kappa shape index (κ3) is 4.24. The summed E-state index contributed by atoms with van der Waals surface area (Å²) in [7, 11) is 1.61. The van der Waals surface area contributed by atoms with Crippen molar-refractivity contribution in [3.63, 3.8) is 0 Å². The van der Waals surface area contributed by atoms with Crippen molar-refractivity contribution in [2.45, 2.75) is 19.4 Å². The predicted molar refractivity (Wildman–Crippen MR) is 84.6 cm³/mol. The van der Waals surface area contributed by atoms with Crippen LogP contribution < -0.4 is 15.4 Å². The summed E-state index contributed by atoms with van der Waals surface area (Å²) in [6.07, 6.45) is 0.833. The van der Waals surface area contributed by atoms with E-state index in [4.69, 9.17) is 4.74 Å². The Morgan fingerprint density at radius 2 is 1.76 bits per heavy atom. The molecule has 0 unspecified atom stereocenters. The first-order valence-electron chi connectivity index (χ1n) is 6.99. The highest BCUT2D eigenvalue weighted by Crippen LogP contribution is 2.17. The van der Waals surface area contributed by atoms with Crippen LogP contribution in [-0.2, 0) is 0 Å². The molecule has 110 valence electrons. The average molecular weight is 284 g/mol. The van der Waals surface area contributed by atoms with Crippen LogP contribution in [0.15, 0.2) is 54.6 Å². The summed E-state index contributed by atoms with van der Waals surface area (Å²) < 4.78 is 5.09. The van der Waals surface area contributed by atoms with Crippen molar-refractivity contribution in [3.8, 4) is 5.75 Å². The van der Waals surface area contributed by atoms with E-state index in [1.807, 2.05) is 61.5 Å². The van der Waals surface area contributed by atoms with Crippen LogP contribution in [0, 0.1) is 0 Å². The smallest absolute Gasteiger partial charge is 0.319 e. The van der Waals surface area contributed by atoms with Gasteiger partial charge in [0.15, 0.2) is 0 Å². The van der Waals surface area contributed by atoms with Gasteiger partial charge in [0.2, 0.25) is 0 Å². The maximum Gasteiger partial charge on any atom is 0.319 e. The molecule has 0 aliphatic heterocycles. The molecule has 0 heterocycles. The predicted octanol–water partition coefficient (Wildman–Crippen LogP) is 3.97. The molecule has 0 spiro atoms. The average Bonchev–Trinajstić information content (AvgIpc) is 2.54.